The highest BCUT2D eigenvalue weighted by molar-refractivity contribution is 6.00. The Morgan fingerprint density at radius 1 is 1.64 bits per heavy atom. The second-order valence-electron chi connectivity index (χ2n) is 3.80. The molecule has 14 heavy (non-hydrogen) atoms. The summed E-state index contributed by atoms with van der Waals surface area (Å²) in [6.45, 7) is 1.92. The summed E-state index contributed by atoms with van der Waals surface area (Å²) < 4.78 is 0. The Morgan fingerprint density at radius 3 is 2.93 bits per heavy atom. The fourth-order valence-corrected chi connectivity index (χ4v) is 1.20. The second kappa shape index (κ2) is 3.06. The molecule has 74 valence electrons. The van der Waals surface area contributed by atoms with Crippen LogP contribution >= 0.6 is 0 Å². The first-order valence-electron chi connectivity index (χ1n) is 4.63. The molecule has 0 aliphatic heterocycles. The van der Waals surface area contributed by atoms with Gasteiger partial charge in [0.15, 0.2) is 0 Å². The lowest BCUT2D eigenvalue weighted by molar-refractivity contribution is -0.118. The van der Waals surface area contributed by atoms with E-state index in [1.54, 1.807) is 12.4 Å². The molecule has 0 atom stereocenters. The minimum absolute atomic E-state index is 0.103. The van der Waals surface area contributed by atoms with Crippen molar-refractivity contribution in [2.24, 2.45) is 5.73 Å². The van der Waals surface area contributed by atoms with E-state index in [1.807, 2.05) is 13.0 Å². The molecular weight excluding hydrogens is 178 g/mol. The van der Waals surface area contributed by atoms with E-state index in [-0.39, 0.29) is 5.91 Å². The predicted octanol–water partition coefficient (Wildman–Crippen LogP) is 0.820. The fourth-order valence-electron chi connectivity index (χ4n) is 1.20. The lowest BCUT2D eigenvalue weighted by atomic mass is 10.2. The molecule has 0 saturated heterocycles. The summed E-state index contributed by atoms with van der Waals surface area (Å²) in [5.41, 5.74) is 6.88. The highest BCUT2D eigenvalue weighted by atomic mass is 16.2. The van der Waals surface area contributed by atoms with E-state index in [1.165, 1.54) is 0 Å². The summed E-state index contributed by atoms with van der Waals surface area (Å²) in [7, 11) is 0. The van der Waals surface area contributed by atoms with Crippen molar-refractivity contribution in [3.63, 3.8) is 0 Å². The van der Waals surface area contributed by atoms with Gasteiger partial charge in [0, 0.05) is 6.20 Å². The minimum Gasteiger partial charge on any atom is -0.323 e. The summed E-state index contributed by atoms with van der Waals surface area (Å²) in [5, 5.41) is 2.79. The highest BCUT2D eigenvalue weighted by Gasteiger charge is 2.46. The number of hydrogen-bond acceptors (Lipinski definition) is 3. The summed E-state index contributed by atoms with van der Waals surface area (Å²) in [6, 6.07) is 1.85. The van der Waals surface area contributed by atoms with Gasteiger partial charge in [0.1, 0.15) is 0 Å². The van der Waals surface area contributed by atoms with Crippen LogP contribution in [0.1, 0.15) is 18.4 Å². The van der Waals surface area contributed by atoms with Gasteiger partial charge in [-0.15, -0.1) is 0 Å². The third kappa shape index (κ3) is 1.61. The van der Waals surface area contributed by atoms with Crippen molar-refractivity contribution >= 4 is 11.6 Å². The molecule has 4 heteroatoms. The van der Waals surface area contributed by atoms with Crippen LogP contribution in [0.25, 0.3) is 0 Å². The molecule has 0 radical (unpaired) electrons. The van der Waals surface area contributed by atoms with Crippen LogP contribution in [0.3, 0.4) is 0 Å². The zero-order chi connectivity index (χ0) is 10.2. The molecule has 0 spiro atoms. The van der Waals surface area contributed by atoms with Crippen molar-refractivity contribution < 1.29 is 4.79 Å². The first-order valence-corrected chi connectivity index (χ1v) is 4.63. The van der Waals surface area contributed by atoms with Gasteiger partial charge >= 0.3 is 0 Å². The number of amides is 1. The van der Waals surface area contributed by atoms with Gasteiger partial charge in [0.25, 0.3) is 0 Å². The second-order valence-corrected chi connectivity index (χ2v) is 3.80. The lowest BCUT2D eigenvalue weighted by Gasteiger charge is -2.11. The Hall–Kier alpha value is -1.42. The lowest BCUT2D eigenvalue weighted by Crippen LogP contribution is -2.38. The predicted molar refractivity (Wildman–Crippen MR) is 53.8 cm³/mol. The maximum Gasteiger partial charge on any atom is 0.244 e. The van der Waals surface area contributed by atoms with Crippen molar-refractivity contribution in [2.75, 3.05) is 5.32 Å². The number of rotatable bonds is 2. The number of pyridine rings is 1. The minimum atomic E-state index is -0.623. The quantitative estimate of drug-likeness (QED) is 0.727. The van der Waals surface area contributed by atoms with Crippen molar-refractivity contribution in [1.29, 1.82) is 0 Å². The van der Waals surface area contributed by atoms with Gasteiger partial charge in [-0.25, -0.2) is 0 Å². The number of carbonyl (C=O) groups is 1. The number of nitrogens with two attached hydrogens (primary N) is 1. The first-order chi connectivity index (χ1) is 6.62. The van der Waals surface area contributed by atoms with Gasteiger partial charge in [-0.05, 0) is 31.4 Å². The molecule has 1 amide bonds. The fraction of sp³-hybridized carbons (Fsp3) is 0.400. The third-order valence-corrected chi connectivity index (χ3v) is 2.53. The van der Waals surface area contributed by atoms with Crippen LogP contribution < -0.4 is 11.1 Å². The van der Waals surface area contributed by atoms with Crippen molar-refractivity contribution in [3.05, 3.63) is 24.0 Å². The average Bonchev–Trinajstić information content (AvgIpc) is 2.89. The summed E-state index contributed by atoms with van der Waals surface area (Å²) in [5.74, 6) is -0.103. The zero-order valence-corrected chi connectivity index (χ0v) is 8.08. The van der Waals surface area contributed by atoms with Crippen LogP contribution in [-0.4, -0.2) is 16.4 Å². The molecule has 1 aliphatic rings. The molecule has 1 aromatic rings. The maximum absolute atomic E-state index is 11.6. The normalized spacial score (nSPS) is 17.6. The van der Waals surface area contributed by atoms with Crippen LogP contribution in [0.4, 0.5) is 5.69 Å². The Kier molecular flexibility index (Phi) is 2.00. The van der Waals surface area contributed by atoms with E-state index in [0.717, 1.165) is 24.1 Å². The van der Waals surface area contributed by atoms with E-state index < -0.39 is 5.54 Å². The van der Waals surface area contributed by atoms with Crippen LogP contribution in [0.5, 0.6) is 0 Å². The molecular formula is C10H13N3O. The zero-order valence-electron chi connectivity index (χ0n) is 8.08. The Balaban J connectivity index is 2.11. The van der Waals surface area contributed by atoms with Crippen LogP contribution in [0, 0.1) is 6.92 Å². The summed E-state index contributed by atoms with van der Waals surface area (Å²) in [6.07, 6.45) is 4.88. The number of aromatic nitrogens is 1. The molecule has 1 saturated carbocycles. The van der Waals surface area contributed by atoms with Crippen LogP contribution in [-0.2, 0) is 4.79 Å². The molecule has 1 fully saturated rings. The number of nitrogens with zero attached hydrogens (tertiary/aromatic N) is 1. The topological polar surface area (TPSA) is 68.0 Å². The van der Waals surface area contributed by atoms with E-state index in [2.05, 4.69) is 10.3 Å². The standard InChI is InChI=1S/C10H13N3O/c1-7-2-5-12-6-8(7)13-9(14)10(11)3-4-10/h2,5-6H,3-4,11H2,1H3,(H,13,14). The molecule has 1 heterocycles. The third-order valence-electron chi connectivity index (χ3n) is 2.53. The molecule has 0 unspecified atom stereocenters. The molecule has 0 aromatic carbocycles. The Bertz CT molecular complexity index is 371. The number of aryl methyl sites for hydroxylation is 1. The molecule has 3 N–H and O–H groups in total. The van der Waals surface area contributed by atoms with Crippen molar-refractivity contribution in [2.45, 2.75) is 25.3 Å². The van der Waals surface area contributed by atoms with Gasteiger partial charge in [0.2, 0.25) is 5.91 Å². The summed E-state index contributed by atoms with van der Waals surface area (Å²) >= 11 is 0. The molecule has 2 rings (SSSR count). The van der Waals surface area contributed by atoms with Crippen molar-refractivity contribution in [3.8, 4) is 0 Å². The largest absolute Gasteiger partial charge is 0.323 e. The van der Waals surface area contributed by atoms with E-state index in [0.29, 0.717) is 0 Å². The first kappa shape index (κ1) is 9.15. The van der Waals surface area contributed by atoms with Gasteiger partial charge in [-0.1, -0.05) is 0 Å². The SMILES string of the molecule is Cc1ccncc1NC(=O)C1(N)CC1. The molecule has 0 bridgehead atoms. The van der Waals surface area contributed by atoms with Gasteiger partial charge in [-0.3, -0.25) is 9.78 Å². The van der Waals surface area contributed by atoms with Gasteiger partial charge in [-0.2, -0.15) is 0 Å². The number of anilines is 1. The number of nitrogens with one attached hydrogen (secondary N) is 1. The van der Waals surface area contributed by atoms with E-state index in [4.69, 9.17) is 5.73 Å². The van der Waals surface area contributed by atoms with Gasteiger partial charge in [0.05, 0.1) is 17.4 Å². The van der Waals surface area contributed by atoms with E-state index in [9.17, 15) is 4.79 Å². The monoisotopic (exact) mass is 191 g/mol. The Morgan fingerprint density at radius 2 is 2.36 bits per heavy atom. The average molecular weight is 191 g/mol. The van der Waals surface area contributed by atoms with Crippen LogP contribution in [0.2, 0.25) is 0 Å². The maximum atomic E-state index is 11.6. The molecule has 4 nitrogen and oxygen atoms in total. The highest BCUT2D eigenvalue weighted by Crippen LogP contribution is 2.33. The smallest absolute Gasteiger partial charge is 0.244 e. The van der Waals surface area contributed by atoms with Crippen LogP contribution in [0.15, 0.2) is 18.5 Å². The number of hydrogen-bond donors (Lipinski definition) is 2. The number of carbonyl (C=O) groups excluding carboxylic acids is 1. The van der Waals surface area contributed by atoms with Gasteiger partial charge < -0.3 is 11.1 Å². The Labute approximate surface area is 82.5 Å². The molecule has 1 aromatic heterocycles. The summed E-state index contributed by atoms with van der Waals surface area (Å²) in [4.78, 5) is 15.5. The van der Waals surface area contributed by atoms with Crippen molar-refractivity contribution in [1.82, 2.24) is 4.98 Å². The molecule has 1 aliphatic carbocycles. The van der Waals surface area contributed by atoms with E-state index >= 15 is 0 Å².